The molecule has 4 heteroatoms. The fraction of sp³-hybridized carbons (Fsp3) is 0.769. The minimum Gasteiger partial charge on any atom is -0.377 e. The Morgan fingerprint density at radius 1 is 1.59 bits per heavy atom. The summed E-state index contributed by atoms with van der Waals surface area (Å²) < 4.78 is 5.57. The summed E-state index contributed by atoms with van der Waals surface area (Å²) in [6.07, 6.45) is 3.90. The molecule has 2 rings (SSSR count). The first-order chi connectivity index (χ1) is 8.25. The van der Waals surface area contributed by atoms with Gasteiger partial charge in [-0.25, -0.2) is 4.98 Å². The number of thiazole rings is 1. The molecule has 0 saturated carbocycles. The maximum atomic E-state index is 5.57. The van der Waals surface area contributed by atoms with Gasteiger partial charge in [0.1, 0.15) is 0 Å². The molecular weight excluding hydrogens is 232 g/mol. The standard InChI is InChI=1S/C13H22N2OS/c1-10(2)12-9-17-13(15-12)5-6-14-8-11-4-3-7-16-11/h9-11,14H,3-8H2,1-2H3. The van der Waals surface area contributed by atoms with Gasteiger partial charge in [-0.1, -0.05) is 13.8 Å². The number of nitrogens with one attached hydrogen (secondary N) is 1. The Kier molecular flexibility index (Phi) is 4.95. The van der Waals surface area contributed by atoms with Crippen molar-refractivity contribution in [1.82, 2.24) is 10.3 Å². The van der Waals surface area contributed by atoms with Gasteiger partial charge in [0.2, 0.25) is 0 Å². The van der Waals surface area contributed by atoms with Gasteiger partial charge in [-0.05, 0) is 18.8 Å². The van der Waals surface area contributed by atoms with Crippen LogP contribution in [0.3, 0.4) is 0 Å². The Morgan fingerprint density at radius 3 is 3.12 bits per heavy atom. The molecule has 1 aromatic rings. The van der Waals surface area contributed by atoms with Crippen LogP contribution >= 0.6 is 11.3 Å². The molecule has 1 atom stereocenters. The second-order valence-electron chi connectivity index (χ2n) is 4.91. The summed E-state index contributed by atoms with van der Waals surface area (Å²) in [5.74, 6) is 0.542. The minimum absolute atomic E-state index is 0.442. The molecule has 96 valence electrons. The minimum atomic E-state index is 0.442. The summed E-state index contributed by atoms with van der Waals surface area (Å²) in [5, 5.41) is 6.88. The van der Waals surface area contributed by atoms with Crippen LogP contribution in [-0.2, 0) is 11.2 Å². The molecule has 1 aliphatic heterocycles. The number of nitrogens with zero attached hydrogens (tertiary/aromatic N) is 1. The van der Waals surface area contributed by atoms with E-state index in [9.17, 15) is 0 Å². The maximum Gasteiger partial charge on any atom is 0.0941 e. The van der Waals surface area contributed by atoms with Crippen LogP contribution in [0.4, 0.5) is 0 Å². The molecule has 1 unspecified atom stereocenters. The monoisotopic (exact) mass is 254 g/mol. The lowest BCUT2D eigenvalue weighted by molar-refractivity contribution is 0.110. The fourth-order valence-corrected chi connectivity index (χ4v) is 2.93. The highest BCUT2D eigenvalue weighted by molar-refractivity contribution is 7.09. The van der Waals surface area contributed by atoms with Crippen LogP contribution in [0.15, 0.2) is 5.38 Å². The van der Waals surface area contributed by atoms with Crippen molar-refractivity contribution in [3.05, 3.63) is 16.1 Å². The lowest BCUT2D eigenvalue weighted by atomic mass is 10.2. The van der Waals surface area contributed by atoms with Gasteiger partial charge in [-0.3, -0.25) is 0 Å². The van der Waals surface area contributed by atoms with Crippen molar-refractivity contribution in [3.63, 3.8) is 0 Å². The smallest absolute Gasteiger partial charge is 0.0941 e. The quantitative estimate of drug-likeness (QED) is 0.792. The van der Waals surface area contributed by atoms with Gasteiger partial charge in [0.15, 0.2) is 0 Å². The normalized spacial score (nSPS) is 20.3. The summed E-state index contributed by atoms with van der Waals surface area (Å²) in [6.45, 7) is 7.31. The Morgan fingerprint density at radius 2 is 2.47 bits per heavy atom. The van der Waals surface area contributed by atoms with Crippen LogP contribution < -0.4 is 5.32 Å². The third-order valence-corrected chi connectivity index (χ3v) is 4.00. The van der Waals surface area contributed by atoms with E-state index in [-0.39, 0.29) is 0 Å². The number of rotatable bonds is 6. The average Bonchev–Trinajstić information content (AvgIpc) is 2.96. The molecule has 0 spiro atoms. The molecular formula is C13H22N2OS. The van der Waals surface area contributed by atoms with Crippen molar-refractivity contribution in [2.45, 2.75) is 45.1 Å². The third-order valence-electron chi connectivity index (χ3n) is 3.07. The van der Waals surface area contributed by atoms with Crippen molar-refractivity contribution >= 4 is 11.3 Å². The Hall–Kier alpha value is -0.450. The Balaban J connectivity index is 1.63. The van der Waals surface area contributed by atoms with E-state index in [1.807, 2.05) is 0 Å². The highest BCUT2D eigenvalue weighted by Crippen LogP contribution is 2.17. The van der Waals surface area contributed by atoms with E-state index in [1.165, 1.54) is 23.5 Å². The van der Waals surface area contributed by atoms with Gasteiger partial charge in [-0.15, -0.1) is 11.3 Å². The molecule has 0 aliphatic carbocycles. The van der Waals surface area contributed by atoms with Crippen molar-refractivity contribution in [2.75, 3.05) is 19.7 Å². The van der Waals surface area contributed by atoms with Gasteiger partial charge < -0.3 is 10.1 Å². The van der Waals surface area contributed by atoms with Gasteiger partial charge in [0, 0.05) is 31.5 Å². The average molecular weight is 254 g/mol. The molecule has 2 heterocycles. The zero-order valence-electron chi connectivity index (χ0n) is 10.7. The topological polar surface area (TPSA) is 34.1 Å². The van der Waals surface area contributed by atoms with Crippen LogP contribution in [0.5, 0.6) is 0 Å². The zero-order valence-corrected chi connectivity index (χ0v) is 11.6. The van der Waals surface area contributed by atoms with Crippen LogP contribution in [-0.4, -0.2) is 30.8 Å². The second-order valence-corrected chi connectivity index (χ2v) is 5.85. The molecule has 0 aromatic carbocycles. The van der Waals surface area contributed by atoms with E-state index in [0.29, 0.717) is 12.0 Å². The first-order valence-corrected chi connectivity index (χ1v) is 7.40. The molecule has 1 fully saturated rings. The van der Waals surface area contributed by atoms with E-state index < -0.39 is 0 Å². The summed E-state index contributed by atoms with van der Waals surface area (Å²) in [6, 6.07) is 0. The fourth-order valence-electron chi connectivity index (χ4n) is 1.97. The van der Waals surface area contributed by atoms with Crippen LogP contribution in [0.2, 0.25) is 0 Å². The molecule has 1 N–H and O–H groups in total. The predicted molar refractivity (Wildman–Crippen MR) is 71.8 cm³/mol. The highest BCUT2D eigenvalue weighted by atomic mass is 32.1. The van der Waals surface area contributed by atoms with Crippen LogP contribution in [0.1, 0.15) is 43.3 Å². The molecule has 17 heavy (non-hydrogen) atoms. The number of hydrogen-bond acceptors (Lipinski definition) is 4. The lowest BCUT2D eigenvalue weighted by Gasteiger charge is -2.09. The molecule has 1 aliphatic rings. The molecule has 0 radical (unpaired) electrons. The third kappa shape index (κ3) is 4.05. The molecule has 0 amide bonds. The van der Waals surface area contributed by atoms with Gasteiger partial charge in [0.05, 0.1) is 16.8 Å². The van der Waals surface area contributed by atoms with Crippen LogP contribution in [0, 0.1) is 0 Å². The number of aromatic nitrogens is 1. The van der Waals surface area contributed by atoms with Crippen molar-refractivity contribution in [3.8, 4) is 0 Å². The molecule has 1 aromatic heterocycles. The summed E-state index contributed by atoms with van der Waals surface area (Å²) >= 11 is 1.78. The van der Waals surface area contributed by atoms with Crippen LogP contribution in [0.25, 0.3) is 0 Å². The van der Waals surface area contributed by atoms with Crippen molar-refractivity contribution < 1.29 is 4.74 Å². The number of hydrogen-bond donors (Lipinski definition) is 1. The largest absolute Gasteiger partial charge is 0.377 e. The molecule has 3 nitrogen and oxygen atoms in total. The first-order valence-electron chi connectivity index (χ1n) is 6.52. The van der Waals surface area contributed by atoms with E-state index in [0.717, 1.165) is 26.1 Å². The molecule has 1 saturated heterocycles. The Labute approximate surface area is 108 Å². The zero-order chi connectivity index (χ0) is 12.1. The van der Waals surface area contributed by atoms with Gasteiger partial charge >= 0.3 is 0 Å². The van der Waals surface area contributed by atoms with Gasteiger partial charge in [0.25, 0.3) is 0 Å². The first kappa shape index (κ1) is 13.0. The van der Waals surface area contributed by atoms with E-state index in [1.54, 1.807) is 11.3 Å². The van der Waals surface area contributed by atoms with E-state index in [4.69, 9.17) is 4.74 Å². The Bertz CT molecular complexity index is 332. The van der Waals surface area contributed by atoms with Crippen molar-refractivity contribution in [2.24, 2.45) is 0 Å². The summed E-state index contributed by atoms with van der Waals surface area (Å²) in [4.78, 5) is 4.63. The molecule has 0 bridgehead atoms. The summed E-state index contributed by atoms with van der Waals surface area (Å²) in [7, 11) is 0. The number of ether oxygens (including phenoxy) is 1. The maximum absolute atomic E-state index is 5.57. The highest BCUT2D eigenvalue weighted by Gasteiger charge is 2.14. The van der Waals surface area contributed by atoms with Crippen molar-refractivity contribution in [1.29, 1.82) is 0 Å². The predicted octanol–water partition coefficient (Wildman–Crippen LogP) is 2.58. The SMILES string of the molecule is CC(C)c1csc(CCNCC2CCCO2)n1. The lowest BCUT2D eigenvalue weighted by Crippen LogP contribution is -2.27. The second kappa shape index (κ2) is 6.47. The summed E-state index contributed by atoms with van der Waals surface area (Å²) in [5.41, 5.74) is 1.23. The van der Waals surface area contributed by atoms with Gasteiger partial charge in [-0.2, -0.15) is 0 Å². The van der Waals surface area contributed by atoms with E-state index >= 15 is 0 Å². The van der Waals surface area contributed by atoms with E-state index in [2.05, 4.69) is 29.5 Å².